The van der Waals surface area contributed by atoms with Crippen LogP contribution in [-0.2, 0) is 0 Å². The van der Waals surface area contributed by atoms with E-state index in [4.69, 9.17) is 0 Å². The van der Waals surface area contributed by atoms with Crippen molar-refractivity contribution in [1.29, 1.82) is 0 Å². The summed E-state index contributed by atoms with van der Waals surface area (Å²) in [7, 11) is 0. The molecule has 0 aliphatic heterocycles. The fraction of sp³-hybridized carbons (Fsp3) is 1.00. The van der Waals surface area contributed by atoms with Crippen molar-refractivity contribution in [3.63, 3.8) is 0 Å². The molecule has 50 valence electrons. The van der Waals surface area contributed by atoms with Crippen LogP contribution in [0.4, 0.5) is 0 Å². The molecule has 8 heavy (non-hydrogen) atoms. The van der Waals surface area contributed by atoms with Gasteiger partial charge in [-0.15, -0.1) is 0 Å². The number of hydrogen-bond donors (Lipinski definition) is 1. The summed E-state index contributed by atoms with van der Waals surface area (Å²) in [5.41, 5.74) is 0. The number of nitrogens with one attached hydrogen (secondary N) is 1. The van der Waals surface area contributed by atoms with Crippen LogP contribution in [0, 0.1) is 0 Å². The number of halogens is 1. The van der Waals surface area contributed by atoms with E-state index in [0.29, 0.717) is 6.04 Å². The van der Waals surface area contributed by atoms with Crippen LogP contribution in [0.15, 0.2) is 0 Å². The van der Waals surface area contributed by atoms with Crippen molar-refractivity contribution in [2.75, 3.05) is 11.9 Å². The highest BCUT2D eigenvalue weighted by atomic mass is 79.9. The van der Waals surface area contributed by atoms with E-state index in [-0.39, 0.29) is 0 Å². The second-order valence-corrected chi connectivity index (χ2v) is 2.66. The molecule has 2 heteroatoms. The molecule has 1 atom stereocenters. The molecule has 0 saturated carbocycles. The molecule has 0 fully saturated rings. The SMILES string of the molecule is CCCNC(C)CBr. The molecule has 0 aromatic carbocycles. The Balaban J connectivity index is 2.86. The summed E-state index contributed by atoms with van der Waals surface area (Å²) >= 11 is 3.38. The van der Waals surface area contributed by atoms with Gasteiger partial charge >= 0.3 is 0 Å². The van der Waals surface area contributed by atoms with Crippen LogP contribution < -0.4 is 5.32 Å². The molecular formula is C6H14BrN. The number of alkyl halides is 1. The Labute approximate surface area is 60.0 Å². The zero-order valence-electron chi connectivity index (χ0n) is 5.58. The van der Waals surface area contributed by atoms with E-state index in [2.05, 4.69) is 35.1 Å². The topological polar surface area (TPSA) is 12.0 Å². The second-order valence-electron chi connectivity index (χ2n) is 2.01. The van der Waals surface area contributed by atoms with Crippen molar-refractivity contribution < 1.29 is 0 Å². The van der Waals surface area contributed by atoms with Crippen molar-refractivity contribution in [3.8, 4) is 0 Å². The molecule has 0 saturated heterocycles. The van der Waals surface area contributed by atoms with Crippen LogP contribution in [0.2, 0.25) is 0 Å². The van der Waals surface area contributed by atoms with Gasteiger partial charge in [0, 0.05) is 11.4 Å². The van der Waals surface area contributed by atoms with Gasteiger partial charge in [0.1, 0.15) is 0 Å². The maximum atomic E-state index is 3.38. The molecule has 1 nitrogen and oxygen atoms in total. The lowest BCUT2D eigenvalue weighted by Gasteiger charge is -2.07. The fourth-order valence-electron chi connectivity index (χ4n) is 0.445. The maximum absolute atomic E-state index is 3.38. The minimum absolute atomic E-state index is 0.620. The highest BCUT2D eigenvalue weighted by molar-refractivity contribution is 9.09. The molecule has 0 heterocycles. The molecule has 0 aliphatic rings. The highest BCUT2D eigenvalue weighted by Gasteiger charge is 1.93. The van der Waals surface area contributed by atoms with Crippen LogP contribution in [0.3, 0.4) is 0 Å². The van der Waals surface area contributed by atoms with Gasteiger partial charge in [-0.1, -0.05) is 22.9 Å². The average molecular weight is 180 g/mol. The van der Waals surface area contributed by atoms with Crippen molar-refractivity contribution in [2.45, 2.75) is 26.3 Å². The van der Waals surface area contributed by atoms with Crippen LogP contribution in [-0.4, -0.2) is 17.9 Å². The molecule has 1 N–H and O–H groups in total. The maximum Gasteiger partial charge on any atom is 0.0183 e. The lowest BCUT2D eigenvalue weighted by molar-refractivity contribution is 0.592. The highest BCUT2D eigenvalue weighted by Crippen LogP contribution is 1.87. The average Bonchev–Trinajstić information content (AvgIpc) is 1.83. The zero-order valence-corrected chi connectivity index (χ0v) is 7.16. The van der Waals surface area contributed by atoms with Gasteiger partial charge in [0.05, 0.1) is 0 Å². The van der Waals surface area contributed by atoms with E-state index in [9.17, 15) is 0 Å². The summed E-state index contributed by atoms with van der Waals surface area (Å²) in [6.07, 6.45) is 1.22. The number of hydrogen-bond acceptors (Lipinski definition) is 1. The lowest BCUT2D eigenvalue weighted by atomic mass is 10.4. The summed E-state index contributed by atoms with van der Waals surface area (Å²) < 4.78 is 0. The Bertz CT molecular complexity index is 47.8. The standard InChI is InChI=1S/C6H14BrN/c1-3-4-8-6(2)5-7/h6,8H,3-5H2,1-2H3. The summed E-state index contributed by atoms with van der Waals surface area (Å²) in [6.45, 7) is 5.48. The Kier molecular flexibility index (Phi) is 5.88. The quantitative estimate of drug-likeness (QED) is 0.650. The Hall–Kier alpha value is 0.440. The van der Waals surface area contributed by atoms with Crippen LogP contribution in [0.1, 0.15) is 20.3 Å². The third-order valence-corrected chi connectivity index (χ3v) is 1.95. The Morgan fingerprint density at radius 1 is 1.62 bits per heavy atom. The summed E-state index contributed by atoms with van der Waals surface area (Å²) in [5.74, 6) is 0. The first-order valence-corrected chi connectivity index (χ1v) is 4.22. The number of rotatable bonds is 4. The van der Waals surface area contributed by atoms with Gasteiger partial charge in [-0.25, -0.2) is 0 Å². The third kappa shape index (κ3) is 4.60. The summed E-state index contributed by atoms with van der Waals surface area (Å²) in [4.78, 5) is 0. The van der Waals surface area contributed by atoms with Crippen LogP contribution in [0.5, 0.6) is 0 Å². The third-order valence-electron chi connectivity index (χ3n) is 0.974. The van der Waals surface area contributed by atoms with Crippen molar-refractivity contribution >= 4 is 15.9 Å². The monoisotopic (exact) mass is 179 g/mol. The van der Waals surface area contributed by atoms with Crippen LogP contribution >= 0.6 is 15.9 Å². The molecular weight excluding hydrogens is 166 g/mol. The molecule has 0 bridgehead atoms. The minimum atomic E-state index is 0.620. The predicted octanol–water partition coefficient (Wildman–Crippen LogP) is 1.77. The van der Waals surface area contributed by atoms with Gasteiger partial charge in [-0.3, -0.25) is 0 Å². The first-order chi connectivity index (χ1) is 3.81. The molecule has 0 aliphatic carbocycles. The van der Waals surface area contributed by atoms with Gasteiger partial charge < -0.3 is 5.32 Å². The predicted molar refractivity (Wildman–Crippen MR) is 41.5 cm³/mol. The lowest BCUT2D eigenvalue weighted by Crippen LogP contribution is -2.27. The largest absolute Gasteiger partial charge is 0.313 e. The molecule has 0 spiro atoms. The van der Waals surface area contributed by atoms with Crippen molar-refractivity contribution in [1.82, 2.24) is 5.32 Å². The van der Waals surface area contributed by atoms with Crippen molar-refractivity contribution in [3.05, 3.63) is 0 Å². The van der Waals surface area contributed by atoms with Gasteiger partial charge in [0.25, 0.3) is 0 Å². The minimum Gasteiger partial charge on any atom is -0.313 e. The van der Waals surface area contributed by atoms with Crippen molar-refractivity contribution in [2.24, 2.45) is 0 Å². The molecule has 0 radical (unpaired) electrons. The smallest absolute Gasteiger partial charge is 0.0183 e. The van der Waals surface area contributed by atoms with Gasteiger partial charge in [-0.05, 0) is 19.9 Å². The first kappa shape index (κ1) is 8.44. The van der Waals surface area contributed by atoms with E-state index in [1.165, 1.54) is 6.42 Å². The van der Waals surface area contributed by atoms with E-state index in [1.807, 2.05) is 0 Å². The second kappa shape index (κ2) is 5.57. The van der Waals surface area contributed by atoms with Gasteiger partial charge in [-0.2, -0.15) is 0 Å². The van der Waals surface area contributed by atoms with Gasteiger partial charge in [0.2, 0.25) is 0 Å². The molecule has 1 unspecified atom stereocenters. The zero-order chi connectivity index (χ0) is 6.41. The van der Waals surface area contributed by atoms with E-state index >= 15 is 0 Å². The van der Waals surface area contributed by atoms with E-state index in [1.54, 1.807) is 0 Å². The molecule has 0 rings (SSSR count). The molecule has 0 aromatic rings. The summed E-state index contributed by atoms with van der Waals surface area (Å²) in [6, 6.07) is 0.620. The van der Waals surface area contributed by atoms with Crippen LogP contribution in [0.25, 0.3) is 0 Å². The molecule has 0 aromatic heterocycles. The van der Waals surface area contributed by atoms with E-state index < -0.39 is 0 Å². The van der Waals surface area contributed by atoms with E-state index in [0.717, 1.165) is 11.9 Å². The normalized spacial score (nSPS) is 13.9. The summed E-state index contributed by atoms with van der Waals surface area (Å²) in [5, 5.41) is 4.38. The Morgan fingerprint density at radius 3 is 2.62 bits per heavy atom. The Morgan fingerprint density at radius 2 is 2.25 bits per heavy atom. The van der Waals surface area contributed by atoms with Gasteiger partial charge in [0.15, 0.2) is 0 Å². The molecule has 0 amide bonds. The fourth-order valence-corrected chi connectivity index (χ4v) is 0.674. The first-order valence-electron chi connectivity index (χ1n) is 3.10.